The molecule has 0 heterocycles. The number of nitrogens with zero attached hydrogens (tertiary/aromatic N) is 1. The van der Waals surface area contributed by atoms with Crippen molar-refractivity contribution in [2.24, 2.45) is 0 Å². The second-order valence-corrected chi connectivity index (χ2v) is 3.97. The lowest BCUT2D eigenvalue weighted by atomic mass is 10.1. The van der Waals surface area contributed by atoms with E-state index in [4.69, 9.17) is 5.26 Å². The van der Waals surface area contributed by atoms with Gasteiger partial charge in [0.05, 0.1) is 0 Å². The third-order valence-electron chi connectivity index (χ3n) is 2.04. The van der Waals surface area contributed by atoms with Crippen molar-refractivity contribution in [1.29, 1.82) is 5.26 Å². The van der Waals surface area contributed by atoms with E-state index in [1.54, 1.807) is 19.9 Å². The van der Waals surface area contributed by atoms with Gasteiger partial charge in [-0.05, 0) is 37.6 Å². The predicted octanol–water partition coefficient (Wildman–Crippen LogP) is 2.40. The van der Waals surface area contributed by atoms with Crippen molar-refractivity contribution >= 4 is 12.0 Å². The summed E-state index contributed by atoms with van der Waals surface area (Å²) in [5.74, 6) is -2.54. The van der Waals surface area contributed by atoms with Gasteiger partial charge in [0.1, 0.15) is 11.6 Å². The van der Waals surface area contributed by atoms with E-state index in [2.05, 4.69) is 5.32 Å². The molecule has 0 saturated carbocycles. The average molecular weight is 250 g/mol. The lowest BCUT2D eigenvalue weighted by Crippen LogP contribution is -2.30. The average Bonchev–Trinajstić information content (AvgIpc) is 2.29. The Bertz CT molecular complexity index is 530. The number of carbonyl (C=O) groups is 1. The van der Waals surface area contributed by atoms with E-state index >= 15 is 0 Å². The maximum atomic E-state index is 13.0. The summed E-state index contributed by atoms with van der Waals surface area (Å²) in [6.07, 6.45) is 1.21. The van der Waals surface area contributed by atoms with Crippen LogP contribution in [0.25, 0.3) is 6.08 Å². The van der Waals surface area contributed by atoms with Crippen molar-refractivity contribution in [2.75, 3.05) is 0 Å². The first-order valence-corrected chi connectivity index (χ1v) is 5.31. The molecule has 0 radical (unpaired) electrons. The molecule has 1 N–H and O–H groups in total. The van der Waals surface area contributed by atoms with E-state index in [1.165, 1.54) is 12.1 Å². The highest BCUT2D eigenvalue weighted by atomic mass is 19.2. The fourth-order valence-corrected chi connectivity index (χ4v) is 1.26. The van der Waals surface area contributed by atoms with Crippen LogP contribution >= 0.6 is 0 Å². The van der Waals surface area contributed by atoms with Gasteiger partial charge in [0.15, 0.2) is 11.6 Å². The molecule has 0 unspecified atom stereocenters. The van der Waals surface area contributed by atoms with Crippen LogP contribution in [0.1, 0.15) is 19.4 Å². The second-order valence-electron chi connectivity index (χ2n) is 3.97. The van der Waals surface area contributed by atoms with E-state index in [0.29, 0.717) is 0 Å². The molecule has 94 valence electrons. The minimum Gasteiger partial charge on any atom is -0.349 e. The molecule has 0 aliphatic heterocycles. The standard InChI is InChI=1S/C13H12F2N2O/c1-8(2)17-13(18)10(7-16)5-9-3-4-11(14)12(15)6-9/h3-6,8H,1-2H3,(H,17,18)/b10-5+. The first-order chi connectivity index (χ1) is 8.43. The molecule has 3 nitrogen and oxygen atoms in total. The normalized spacial score (nSPS) is 11.2. The molecule has 0 aliphatic rings. The molecule has 0 spiro atoms. The number of nitrogens with one attached hydrogen (secondary N) is 1. The topological polar surface area (TPSA) is 52.9 Å². The highest BCUT2D eigenvalue weighted by Gasteiger charge is 2.10. The molecular formula is C13H12F2N2O. The van der Waals surface area contributed by atoms with Gasteiger partial charge in [0.25, 0.3) is 5.91 Å². The van der Waals surface area contributed by atoms with Crippen LogP contribution in [0.5, 0.6) is 0 Å². The quantitative estimate of drug-likeness (QED) is 0.661. The lowest BCUT2D eigenvalue weighted by Gasteiger charge is -2.06. The Balaban J connectivity index is 3.01. The number of amides is 1. The number of hydrogen-bond donors (Lipinski definition) is 1. The molecular weight excluding hydrogens is 238 g/mol. The number of nitriles is 1. The van der Waals surface area contributed by atoms with Crippen LogP contribution in [0.15, 0.2) is 23.8 Å². The third kappa shape index (κ3) is 3.67. The SMILES string of the molecule is CC(C)NC(=O)/C(C#N)=C/c1ccc(F)c(F)c1. The number of hydrogen-bond acceptors (Lipinski definition) is 2. The fraction of sp³-hybridized carbons (Fsp3) is 0.231. The lowest BCUT2D eigenvalue weighted by molar-refractivity contribution is -0.117. The fourth-order valence-electron chi connectivity index (χ4n) is 1.26. The van der Waals surface area contributed by atoms with Crippen molar-refractivity contribution in [3.05, 3.63) is 41.0 Å². The van der Waals surface area contributed by atoms with Gasteiger partial charge in [-0.2, -0.15) is 5.26 Å². The monoisotopic (exact) mass is 250 g/mol. The van der Waals surface area contributed by atoms with Gasteiger partial charge in [-0.3, -0.25) is 4.79 Å². The van der Waals surface area contributed by atoms with Crippen molar-refractivity contribution in [3.8, 4) is 6.07 Å². The van der Waals surface area contributed by atoms with E-state index < -0.39 is 17.5 Å². The van der Waals surface area contributed by atoms with Gasteiger partial charge in [-0.1, -0.05) is 6.07 Å². The molecule has 1 amide bonds. The van der Waals surface area contributed by atoms with Gasteiger partial charge in [-0.25, -0.2) is 8.78 Å². The predicted molar refractivity (Wildman–Crippen MR) is 63.2 cm³/mol. The summed E-state index contributed by atoms with van der Waals surface area (Å²) >= 11 is 0. The largest absolute Gasteiger partial charge is 0.349 e. The highest BCUT2D eigenvalue weighted by Crippen LogP contribution is 2.12. The Kier molecular flexibility index (Phi) is 4.55. The molecule has 0 fully saturated rings. The summed E-state index contributed by atoms with van der Waals surface area (Å²) in [6, 6.07) is 4.77. The Labute approximate surface area is 104 Å². The van der Waals surface area contributed by atoms with Crippen LogP contribution in [0.4, 0.5) is 8.78 Å². The van der Waals surface area contributed by atoms with Crippen molar-refractivity contribution < 1.29 is 13.6 Å². The summed E-state index contributed by atoms with van der Waals surface area (Å²) in [4.78, 5) is 11.6. The van der Waals surface area contributed by atoms with Crippen molar-refractivity contribution in [3.63, 3.8) is 0 Å². The molecule has 1 rings (SSSR count). The Morgan fingerprint density at radius 2 is 2.06 bits per heavy atom. The molecule has 18 heavy (non-hydrogen) atoms. The molecule has 0 aliphatic carbocycles. The van der Waals surface area contributed by atoms with E-state index in [9.17, 15) is 13.6 Å². The molecule has 0 aromatic heterocycles. The van der Waals surface area contributed by atoms with Crippen molar-refractivity contribution in [1.82, 2.24) is 5.32 Å². The Morgan fingerprint density at radius 1 is 1.39 bits per heavy atom. The summed E-state index contributed by atoms with van der Waals surface area (Å²) in [7, 11) is 0. The minimum absolute atomic E-state index is 0.112. The van der Waals surface area contributed by atoms with Crippen LogP contribution in [0.2, 0.25) is 0 Å². The number of halogens is 2. The highest BCUT2D eigenvalue weighted by molar-refractivity contribution is 6.01. The van der Waals surface area contributed by atoms with Gasteiger partial charge < -0.3 is 5.32 Å². The molecule has 0 atom stereocenters. The summed E-state index contributed by atoms with van der Waals surface area (Å²) in [5.41, 5.74) is 0.0964. The molecule has 5 heteroatoms. The zero-order valence-electron chi connectivity index (χ0n) is 10.00. The maximum absolute atomic E-state index is 13.0. The summed E-state index contributed by atoms with van der Waals surface area (Å²) in [5, 5.41) is 11.4. The van der Waals surface area contributed by atoms with E-state index in [1.807, 2.05) is 0 Å². The van der Waals surface area contributed by atoms with Gasteiger partial charge in [0, 0.05) is 6.04 Å². The number of rotatable bonds is 3. The van der Waals surface area contributed by atoms with Crippen molar-refractivity contribution in [2.45, 2.75) is 19.9 Å². The Morgan fingerprint density at radius 3 is 2.56 bits per heavy atom. The zero-order valence-corrected chi connectivity index (χ0v) is 10.00. The number of benzene rings is 1. The first kappa shape index (κ1) is 13.8. The Hall–Kier alpha value is -2.22. The molecule has 0 bridgehead atoms. The first-order valence-electron chi connectivity index (χ1n) is 5.31. The summed E-state index contributed by atoms with van der Waals surface area (Å²) in [6.45, 7) is 3.51. The molecule has 1 aromatic carbocycles. The zero-order chi connectivity index (χ0) is 13.7. The molecule has 1 aromatic rings. The van der Waals surface area contributed by atoms with Crippen LogP contribution < -0.4 is 5.32 Å². The van der Waals surface area contributed by atoms with Crippen LogP contribution in [-0.2, 0) is 4.79 Å². The van der Waals surface area contributed by atoms with Crippen LogP contribution in [0.3, 0.4) is 0 Å². The smallest absolute Gasteiger partial charge is 0.262 e. The number of carbonyl (C=O) groups excluding carboxylic acids is 1. The minimum atomic E-state index is -1.02. The van der Waals surface area contributed by atoms with Crippen LogP contribution in [-0.4, -0.2) is 11.9 Å². The second kappa shape index (κ2) is 5.92. The van der Waals surface area contributed by atoms with E-state index in [-0.39, 0.29) is 17.2 Å². The van der Waals surface area contributed by atoms with Gasteiger partial charge in [0.2, 0.25) is 0 Å². The third-order valence-corrected chi connectivity index (χ3v) is 2.04. The maximum Gasteiger partial charge on any atom is 0.262 e. The van der Waals surface area contributed by atoms with Gasteiger partial charge >= 0.3 is 0 Å². The van der Waals surface area contributed by atoms with Gasteiger partial charge in [-0.15, -0.1) is 0 Å². The molecule has 0 saturated heterocycles. The van der Waals surface area contributed by atoms with E-state index in [0.717, 1.165) is 12.1 Å². The van der Waals surface area contributed by atoms with Crippen LogP contribution in [0, 0.1) is 23.0 Å². The summed E-state index contributed by atoms with van der Waals surface area (Å²) < 4.78 is 25.7.